The van der Waals surface area contributed by atoms with Gasteiger partial charge in [0.25, 0.3) is 0 Å². The lowest BCUT2D eigenvalue weighted by Crippen LogP contribution is -2.07. The summed E-state index contributed by atoms with van der Waals surface area (Å²) in [6, 6.07) is 20.6. The normalized spacial score (nSPS) is 12.1. The largest absolute Gasteiger partial charge is 0.469 e. The van der Waals surface area contributed by atoms with E-state index in [9.17, 15) is 0 Å². The molecular weight excluding hydrogens is 227 g/mol. The first-order valence-corrected chi connectivity index (χ1v) is 7.40. The molecule has 1 unspecified atom stereocenters. The smallest absolute Gasteiger partial charge is 0.123 e. The standard InChI is InChI=1S/C15H17OP/c1-2-13-17(15-11-7-4-8-12-15)16-14-9-5-3-6-10-14/h3-12H,2,13H2,1H3. The second-order valence-corrected chi connectivity index (χ2v) is 5.75. The van der Waals surface area contributed by atoms with E-state index in [1.807, 2.05) is 36.4 Å². The molecule has 1 atom stereocenters. The number of hydrogen-bond donors (Lipinski definition) is 0. The van der Waals surface area contributed by atoms with Crippen molar-refractivity contribution in [1.29, 1.82) is 0 Å². The molecule has 0 heterocycles. The first kappa shape index (κ1) is 12.1. The van der Waals surface area contributed by atoms with Gasteiger partial charge in [0.05, 0.1) is 0 Å². The Balaban J connectivity index is 2.13. The van der Waals surface area contributed by atoms with E-state index >= 15 is 0 Å². The lowest BCUT2D eigenvalue weighted by molar-refractivity contribution is 0.619. The minimum absolute atomic E-state index is 0.532. The Morgan fingerprint density at radius 1 is 0.882 bits per heavy atom. The molecule has 2 heteroatoms. The van der Waals surface area contributed by atoms with E-state index in [1.54, 1.807) is 0 Å². The van der Waals surface area contributed by atoms with Gasteiger partial charge < -0.3 is 4.52 Å². The maximum atomic E-state index is 6.11. The molecule has 0 spiro atoms. The topological polar surface area (TPSA) is 9.23 Å². The SMILES string of the molecule is CCCP(Oc1ccccc1)c1ccccc1. The Labute approximate surface area is 104 Å². The zero-order valence-electron chi connectivity index (χ0n) is 10.0. The highest BCUT2D eigenvalue weighted by molar-refractivity contribution is 7.61. The Hall–Kier alpha value is -1.33. The van der Waals surface area contributed by atoms with Crippen molar-refractivity contribution in [3.8, 4) is 5.75 Å². The van der Waals surface area contributed by atoms with Gasteiger partial charge in [-0.15, -0.1) is 0 Å². The number of para-hydroxylation sites is 1. The summed E-state index contributed by atoms with van der Waals surface area (Å²) in [6.45, 7) is 2.20. The Kier molecular flexibility index (Phi) is 4.58. The highest BCUT2D eigenvalue weighted by Gasteiger charge is 2.12. The molecule has 17 heavy (non-hydrogen) atoms. The Morgan fingerprint density at radius 3 is 2.06 bits per heavy atom. The lowest BCUT2D eigenvalue weighted by atomic mass is 10.3. The molecule has 0 N–H and O–H groups in total. The van der Waals surface area contributed by atoms with E-state index in [4.69, 9.17) is 4.52 Å². The zero-order chi connectivity index (χ0) is 11.9. The van der Waals surface area contributed by atoms with Crippen LogP contribution in [0.3, 0.4) is 0 Å². The highest BCUT2D eigenvalue weighted by Crippen LogP contribution is 2.37. The van der Waals surface area contributed by atoms with Crippen LogP contribution in [0.4, 0.5) is 0 Å². The number of benzene rings is 2. The fraction of sp³-hybridized carbons (Fsp3) is 0.200. The van der Waals surface area contributed by atoms with Gasteiger partial charge in [0, 0.05) is 11.5 Å². The van der Waals surface area contributed by atoms with Crippen LogP contribution in [0.15, 0.2) is 60.7 Å². The monoisotopic (exact) mass is 244 g/mol. The van der Waals surface area contributed by atoms with Gasteiger partial charge in [-0.25, -0.2) is 0 Å². The van der Waals surface area contributed by atoms with Gasteiger partial charge in [-0.1, -0.05) is 55.5 Å². The minimum Gasteiger partial charge on any atom is -0.469 e. The van der Waals surface area contributed by atoms with E-state index in [-0.39, 0.29) is 0 Å². The van der Waals surface area contributed by atoms with Crippen LogP contribution in [-0.4, -0.2) is 6.16 Å². The molecule has 0 amide bonds. The van der Waals surface area contributed by atoms with Gasteiger partial charge in [-0.2, -0.15) is 0 Å². The summed E-state index contributed by atoms with van der Waals surface area (Å²) in [5.74, 6) is 0.968. The van der Waals surface area contributed by atoms with Gasteiger partial charge >= 0.3 is 0 Å². The predicted molar refractivity (Wildman–Crippen MR) is 75.2 cm³/mol. The summed E-state index contributed by atoms with van der Waals surface area (Å²) in [6.07, 6.45) is 2.25. The van der Waals surface area contributed by atoms with Crippen molar-refractivity contribution < 1.29 is 4.52 Å². The van der Waals surface area contributed by atoms with Gasteiger partial charge in [0.15, 0.2) is 0 Å². The molecule has 0 aliphatic heterocycles. The van der Waals surface area contributed by atoms with Crippen LogP contribution in [0.2, 0.25) is 0 Å². The molecule has 0 saturated heterocycles. The molecule has 0 fully saturated rings. The van der Waals surface area contributed by atoms with Crippen molar-refractivity contribution in [1.82, 2.24) is 0 Å². The second-order valence-electron chi connectivity index (χ2n) is 3.84. The third kappa shape index (κ3) is 3.57. The van der Waals surface area contributed by atoms with Crippen LogP contribution >= 0.6 is 8.15 Å². The molecule has 88 valence electrons. The zero-order valence-corrected chi connectivity index (χ0v) is 10.9. The summed E-state index contributed by atoms with van der Waals surface area (Å²) in [4.78, 5) is 0. The van der Waals surface area contributed by atoms with Crippen molar-refractivity contribution in [2.24, 2.45) is 0 Å². The molecule has 2 aromatic carbocycles. The highest BCUT2D eigenvalue weighted by atomic mass is 31.1. The molecule has 0 radical (unpaired) electrons. The van der Waals surface area contributed by atoms with E-state index in [1.165, 1.54) is 5.30 Å². The number of rotatable bonds is 5. The van der Waals surface area contributed by atoms with E-state index in [2.05, 4.69) is 31.2 Å². The molecule has 2 rings (SSSR count). The predicted octanol–water partition coefficient (Wildman–Crippen LogP) is 4.20. The van der Waals surface area contributed by atoms with Gasteiger partial charge in [0.2, 0.25) is 0 Å². The van der Waals surface area contributed by atoms with Crippen molar-refractivity contribution >= 4 is 13.5 Å². The molecule has 0 aliphatic carbocycles. The van der Waals surface area contributed by atoms with E-state index in [0.717, 1.165) is 18.3 Å². The van der Waals surface area contributed by atoms with Crippen LogP contribution in [0.25, 0.3) is 0 Å². The van der Waals surface area contributed by atoms with Crippen molar-refractivity contribution in [3.05, 3.63) is 60.7 Å². The van der Waals surface area contributed by atoms with Crippen molar-refractivity contribution in [3.63, 3.8) is 0 Å². The van der Waals surface area contributed by atoms with E-state index in [0.29, 0.717) is 0 Å². The quantitative estimate of drug-likeness (QED) is 0.716. The third-order valence-electron chi connectivity index (χ3n) is 2.43. The minimum atomic E-state index is -0.532. The van der Waals surface area contributed by atoms with Crippen molar-refractivity contribution in [2.45, 2.75) is 13.3 Å². The molecule has 0 saturated carbocycles. The average molecular weight is 244 g/mol. The third-order valence-corrected chi connectivity index (χ3v) is 4.59. The van der Waals surface area contributed by atoms with Gasteiger partial charge in [-0.05, 0) is 18.6 Å². The van der Waals surface area contributed by atoms with Crippen LogP contribution in [0, 0.1) is 0 Å². The summed E-state index contributed by atoms with van der Waals surface area (Å²) in [5.41, 5.74) is 0. The fourth-order valence-electron chi connectivity index (χ4n) is 1.63. The van der Waals surface area contributed by atoms with Crippen LogP contribution in [0.5, 0.6) is 5.75 Å². The first-order chi connectivity index (χ1) is 8.40. The molecule has 0 aliphatic rings. The molecule has 0 bridgehead atoms. The van der Waals surface area contributed by atoms with E-state index < -0.39 is 8.15 Å². The first-order valence-electron chi connectivity index (χ1n) is 5.96. The van der Waals surface area contributed by atoms with Gasteiger partial charge in [-0.3, -0.25) is 0 Å². The molecule has 2 aromatic rings. The van der Waals surface area contributed by atoms with Gasteiger partial charge in [0.1, 0.15) is 13.9 Å². The van der Waals surface area contributed by atoms with Crippen molar-refractivity contribution in [2.75, 3.05) is 6.16 Å². The summed E-state index contributed by atoms with van der Waals surface area (Å²) < 4.78 is 6.11. The fourth-order valence-corrected chi connectivity index (χ4v) is 3.38. The van der Waals surface area contributed by atoms with Crippen LogP contribution in [-0.2, 0) is 0 Å². The maximum Gasteiger partial charge on any atom is 0.123 e. The molecule has 0 aromatic heterocycles. The molecule has 1 nitrogen and oxygen atoms in total. The van der Waals surface area contributed by atoms with Crippen LogP contribution < -0.4 is 9.83 Å². The lowest BCUT2D eigenvalue weighted by Gasteiger charge is -2.18. The summed E-state index contributed by atoms with van der Waals surface area (Å²) >= 11 is 0. The Morgan fingerprint density at radius 2 is 1.47 bits per heavy atom. The average Bonchev–Trinajstić information content (AvgIpc) is 2.40. The second kappa shape index (κ2) is 6.42. The summed E-state index contributed by atoms with van der Waals surface area (Å²) in [5, 5.41) is 1.31. The number of hydrogen-bond acceptors (Lipinski definition) is 1. The Bertz CT molecular complexity index is 427. The maximum absolute atomic E-state index is 6.11. The van der Waals surface area contributed by atoms with Crippen LogP contribution in [0.1, 0.15) is 13.3 Å². The summed E-state index contributed by atoms with van der Waals surface area (Å²) in [7, 11) is -0.532. The molecular formula is C15H17OP.